The predicted octanol–water partition coefficient (Wildman–Crippen LogP) is 0.461. The fourth-order valence-electron chi connectivity index (χ4n) is 0.147. The summed E-state index contributed by atoms with van der Waals surface area (Å²) in [6, 6.07) is 0. The molecule has 0 aliphatic heterocycles. The van der Waals surface area contributed by atoms with Gasteiger partial charge in [0, 0.05) is 22.4 Å². The SMILES string of the molecule is O=S(=O)(F)C(F)(F)C(O)(F)F.[Ag]. The van der Waals surface area contributed by atoms with Gasteiger partial charge in [-0.1, -0.05) is 3.89 Å². The summed E-state index contributed by atoms with van der Waals surface area (Å²) in [5.74, 6) is 0. The van der Waals surface area contributed by atoms with Crippen molar-refractivity contribution < 1.29 is 57.4 Å². The van der Waals surface area contributed by atoms with E-state index in [-0.39, 0.29) is 22.4 Å². The molecule has 0 saturated heterocycles. The zero-order valence-corrected chi connectivity index (χ0v) is 7.16. The Morgan fingerprint density at radius 2 is 1.33 bits per heavy atom. The van der Waals surface area contributed by atoms with E-state index in [0.29, 0.717) is 0 Å². The van der Waals surface area contributed by atoms with Gasteiger partial charge in [-0.05, 0) is 0 Å². The molecule has 0 saturated carbocycles. The molecule has 1 N–H and O–H groups in total. The zero-order chi connectivity index (χ0) is 9.50. The summed E-state index contributed by atoms with van der Waals surface area (Å²) in [5.41, 5.74) is 0. The molecule has 0 bridgehead atoms. The Kier molecular flexibility index (Phi) is 4.42. The molecule has 0 atom stereocenters. The Morgan fingerprint density at radius 3 is 1.33 bits per heavy atom. The number of alkyl halides is 4. The van der Waals surface area contributed by atoms with E-state index in [1.165, 1.54) is 0 Å². The van der Waals surface area contributed by atoms with Crippen LogP contribution in [0.15, 0.2) is 0 Å². The zero-order valence-electron chi connectivity index (χ0n) is 4.86. The van der Waals surface area contributed by atoms with Crippen molar-refractivity contribution in [2.45, 2.75) is 11.4 Å². The first kappa shape index (κ1) is 14.8. The van der Waals surface area contributed by atoms with Crippen molar-refractivity contribution in [2.75, 3.05) is 0 Å². The van der Waals surface area contributed by atoms with Gasteiger partial charge in [0.1, 0.15) is 0 Å². The molecule has 0 rings (SSSR count). The molecule has 0 aromatic rings. The smallest absolute Gasteiger partial charge is 0.331 e. The van der Waals surface area contributed by atoms with Crippen LogP contribution in [0.2, 0.25) is 0 Å². The summed E-state index contributed by atoms with van der Waals surface area (Å²) in [6.07, 6.45) is -5.92. The summed E-state index contributed by atoms with van der Waals surface area (Å²) >= 11 is 0. The second kappa shape index (κ2) is 3.58. The summed E-state index contributed by atoms with van der Waals surface area (Å²) in [5, 5.41) is 1.08. The maximum atomic E-state index is 11.5. The number of halogens is 5. The molecule has 3 nitrogen and oxygen atoms in total. The van der Waals surface area contributed by atoms with E-state index in [1.54, 1.807) is 0 Å². The van der Waals surface area contributed by atoms with Crippen molar-refractivity contribution in [1.82, 2.24) is 0 Å². The Morgan fingerprint density at radius 1 is 1.08 bits per heavy atom. The third-order valence-corrected chi connectivity index (χ3v) is 1.51. The van der Waals surface area contributed by atoms with Gasteiger partial charge < -0.3 is 5.11 Å². The van der Waals surface area contributed by atoms with Crippen LogP contribution in [0.1, 0.15) is 0 Å². The van der Waals surface area contributed by atoms with Crippen LogP contribution >= 0.6 is 0 Å². The van der Waals surface area contributed by atoms with Crippen molar-refractivity contribution in [1.29, 1.82) is 0 Å². The fraction of sp³-hybridized carbons (Fsp3) is 1.00. The third kappa shape index (κ3) is 2.66. The van der Waals surface area contributed by atoms with Gasteiger partial charge in [0.25, 0.3) is 0 Å². The van der Waals surface area contributed by atoms with E-state index in [1.807, 2.05) is 0 Å². The third-order valence-electron chi connectivity index (χ3n) is 0.656. The van der Waals surface area contributed by atoms with Crippen molar-refractivity contribution in [3.05, 3.63) is 0 Å². The molecule has 0 unspecified atom stereocenters. The number of rotatable bonds is 2. The molecule has 79 valence electrons. The minimum absolute atomic E-state index is 0. The molecule has 1 radical (unpaired) electrons. The van der Waals surface area contributed by atoms with Gasteiger partial charge in [0.2, 0.25) is 0 Å². The van der Waals surface area contributed by atoms with E-state index in [0.717, 1.165) is 0 Å². The molecule has 12 heavy (non-hydrogen) atoms. The Labute approximate surface area is 79.3 Å². The molecule has 0 heterocycles. The van der Waals surface area contributed by atoms with E-state index in [2.05, 4.69) is 0 Å². The monoisotopic (exact) mass is 307 g/mol. The van der Waals surface area contributed by atoms with Crippen molar-refractivity contribution in [3.63, 3.8) is 0 Å². The number of hydrogen-bond donors (Lipinski definition) is 1. The van der Waals surface area contributed by atoms with Gasteiger partial charge in [0.15, 0.2) is 0 Å². The van der Waals surface area contributed by atoms with Crippen molar-refractivity contribution in [3.8, 4) is 0 Å². The van der Waals surface area contributed by atoms with E-state index >= 15 is 0 Å². The first-order valence-electron chi connectivity index (χ1n) is 1.92. The van der Waals surface area contributed by atoms with Crippen LogP contribution in [-0.4, -0.2) is 24.9 Å². The fourth-order valence-corrected chi connectivity index (χ4v) is 0.440. The van der Waals surface area contributed by atoms with Crippen LogP contribution in [0.3, 0.4) is 0 Å². The predicted molar refractivity (Wildman–Crippen MR) is 22.1 cm³/mol. The average molecular weight is 308 g/mol. The van der Waals surface area contributed by atoms with Crippen molar-refractivity contribution in [2.24, 2.45) is 0 Å². The first-order chi connectivity index (χ1) is 4.50. The van der Waals surface area contributed by atoms with Gasteiger partial charge in [-0.3, -0.25) is 0 Å². The molecule has 0 amide bonds. The van der Waals surface area contributed by atoms with Crippen LogP contribution < -0.4 is 0 Å². The molecule has 0 fully saturated rings. The first-order valence-corrected chi connectivity index (χ1v) is 3.30. The van der Waals surface area contributed by atoms with Gasteiger partial charge in [0.05, 0.1) is 0 Å². The Balaban J connectivity index is 0. The summed E-state index contributed by atoms with van der Waals surface area (Å²) in [4.78, 5) is 0. The molecule has 0 aromatic heterocycles. The maximum absolute atomic E-state index is 11.5. The topological polar surface area (TPSA) is 54.4 Å². The summed E-state index contributed by atoms with van der Waals surface area (Å²) in [7, 11) is -6.79. The molecule has 0 aromatic carbocycles. The molecule has 0 aliphatic rings. The molecule has 10 heteroatoms. The second-order valence-electron chi connectivity index (χ2n) is 1.50. The van der Waals surface area contributed by atoms with Crippen LogP contribution in [0.25, 0.3) is 0 Å². The van der Waals surface area contributed by atoms with Crippen LogP contribution in [0, 0.1) is 0 Å². The van der Waals surface area contributed by atoms with Gasteiger partial charge in [-0.25, -0.2) is 0 Å². The second-order valence-corrected chi connectivity index (χ2v) is 2.88. The largest absolute Gasteiger partial charge is 0.464 e. The molecule has 0 aliphatic carbocycles. The minimum Gasteiger partial charge on any atom is -0.331 e. The maximum Gasteiger partial charge on any atom is 0.464 e. The number of hydrogen-bond acceptors (Lipinski definition) is 3. The van der Waals surface area contributed by atoms with Crippen LogP contribution in [0.5, 0.6) is 0 Å². The van der Waals surface area contributed by atoms with Gasteiger partial charge in [-0.2, -0.15) is 26.0 Å². The quantitative estimate of drug-likeness (QED) is 0.458. The van der Waals surface area contributed by atoms with Crippen LogP contribution in [0.4, 0.5) is 21.4 Å². The normalized spacial score (nSPS) is 13.8. The van der Waals surface area contributed by atoms with E-state index in [9.17, 15) is 29.9 Å². The van der Waals surface area contributed by atoms with E-state index in [4.69, 9.17) is 5.11 Å². The number of aliphatic hydroxyl groups is 1. The van der Waals surface area contributed by atoms with Gasteiger partial charge >= 0.3 is 21.6 Å². The summed E-state index contributed by atoms with van der Waals surface area (Å²) < 4.78 is 75.0. The van der Waals surface area contributed by atoms with Crippen molar-refractivity contribution >= 4 is 10.2 Å². The molecular weight excluding hydrogens is 307 g/mol. The molecule has 0 spiro atoms. The Bertz CT molecular complexity index is 242. The van der Waals surface area contributed by atoms with Gasteiger partial charge in [-0.15, -0.1) is 0 Å². The summed E-state index contributed by atoms with van der Waals surface area (Å²) in [6.45, 7) is 0. The minimum atomic E-state index is -6.79. The van der Waals surface area contributed by atoms with E-state index < -0.39 is 21.6 Å². The average Bonchev–Trinajstić information content (AvgIpc) is 1.58. The standard InChI is InChI=1S/C2HF5O3S.Ag/c3-1(4,8)2(5,6)11(7,9)10;/h8H;. The van der Waals surface area contributed by atoms with Crippen LogP contribution in [-0.2, 0) is 32.6 Å². The Hall–Kier alpha value is 0.300. The molecular formula is C2HAgF5O3S.